The third-order valence-electron chi connectivity index (χ3n) is 3.73. The summed E-state index contributed by atoms with van der Waals surface area (Å²) >= 11 is 5.95. The Kier molecular flexibility index (Phi) is 6.57. The monoisotopic (exact) mass is 356 g/mol. The summed E-state index contributed by atoms with van der Waals surface area (Å²) in [7, 11) is 3.96. The molecule has 0 amide bonds. The minimum Gasteiger partial charge on any atom is -0.412 e. The quantitative estimate of drug-likeness (QED) is 0.768. The van der Waals surface area contributed by atoms with Crippen LogP contribution in [0.3, 0.4) is 0 Å². The van der Waals surface area contributed by atoms with Crippen LogP contribution < -0.4 is 0 Å². The zero-order chi connectivity index (χ0) is 15.0. The number of benzene rings is 2. The third kappa shape index (κ3) is 4.02. The Labute approximate surface area is 146 Å². The van der Waals surface area contributed by atoms with E-state index in [-0.39, 0.29) is 29.7 Å². The van der Waals surface area contributed by atoms with E-state index in [1.54, 1.807) is 6.07 Å². The van der Waals surface area contributed by atoms with Gasteiger partial charge in [-0.15, -0.1) is 12.4 Å². The summed E-state index contributed by atoms with van der Waals surface area (Å²) in [5.41, 5.74) is 3.07. The molecule has 0 saturated heterocycles. The fraction of sp³-hybridized carbons (Fsp3) is 0.235. The second kappa shape index (κ2) is 7.77. The summed E-state index contributed by atoms with van der Waals surface area (Å²) in [5, 5.41) is 0.686. The first-order valence-corrected chi connectivity index (χ1v) is 7.20. The summed E-state index contributed by atoms with van der Waals surface area (Å²) < 4.78 is 13.6. The van der Waals surface area contributed by atoms with Crippen LogP contribution in [-0.2, 0) is 6.42 Å². The zero-order valence-corrected chi connectivity index (χ0v) is 14.5. The molecule has 6 heteroatoms. The van der Waals surface area contributed by atoms with E-state index in [1.165, 1.54) is 6.07 Å². The van der Waals surface area contributed by atoms with Gasteiger partial charge in [-0.05, 0) is 41.0 Å². The van der Waals surface area contributed by atoms with Gasteiger partial charge in [-0.2, -0.15) is 0 Å². The van der Waals surface area contributed by atoms with Crippen molar-refractivity contribution in [2.24, 2.45) is 4.99 Å². The number of amidine groups is 1. The molecule has 23 heavy (non-hydrogen) atoms. The maximum absolute atomic E-state index is 13.6. The predicted molar refractivity (Wildman–Crippen MR) is 95.4 cm³/mol. The highest BCUT2D eigenvalue weighted by Gasteiger charge is 2.24. The molecule has 2 aromatic carbocycles. The van der Waals surface area contributed by atoms with Crippen LogP contribution in [0.4, 0.5) is 4.39 Å². The first-order chi connectivity index (χ1) is 10.0. The van der Waals surface area contributed by atoms with E-state index < -0.39 is 0 Å². The van der Waals surface area contributed by atoms with Gasteiger partial charge in [0.1, 0.15) is 17.7 Å². The summed E-state index contributed by atoms with van der Waals surface area (Å²) in [5.74, 6) is 0.769. The maximum atomic E-state index is 13.6. The van der Waals surface area contributed by atoms with Crippen molar-refractivity contribution in [3.8, 4) is 0 Å². The van der Waals surface area contributed by atoms with Gasteiger partial charge in [0.2, 0.25) is 0 Å². The Hall–Kier alpha value is -1.62. The highest BCUT2D eigenvalue weighted by Crippen LogP contribution is 2.34. The number of nitrogens with zero attached hydrogens (tertiary/aromatic N) is 2. The van der Waals surface area contributed by atoms with Crippen molar-refractivity contribution in [3.63, 3.8) is 0 Å². The maximum Gasteiger partial charge on any atom is 0.123 e. The Morgan fingerprint density at radius 1 is 1.13 bits per heavy atom. The van der Waals surface area contributed by atoms with Gasteiger partial charge in [-0.25, -0.2) is 4.39 Å². The van der Waals surface area contributed by atoms with Gasteiger partial charge >= 0.3 is 0 Å². The number of rotatable bonds is 1. The molecular weight excluding hydrogens is 338 g/mol. The molecule has 3 nitrogen and oxygen atoms in total. The number of fused-ring (bicyclic) bond motifs is 1. The molecule has 124 valence electrons. The largest absolute Gasteiger partial charge is 0.412 e. The predicted octanol–water partition coefficient (Wildman–Crippen LogP) is 3.68. The molecule has 0 bridgehead atoms. The zero-order valence-electron chi connectivity index (χ0n) is 12.9. The molecule has 1 atom stereocenters. The number of hydrogen-bond donors (Lipinski definition) is 0. The molecule has 0 aliphatic carbocycles. The lowest BCUT2D eigenvalue weighted by molar-refractivity contribution is 0.587. The van der Waals surface area contributed by atoms with Gasteiger partial charge < -0.3 is 10.4 Å². The third-order valence-corrected chi connectivity index (χ3v) is 3.98. The molecule has 1 aliphatic heterocycles. The molecule has 1 aliphatic rings. The molecule has 0 fully saturated rings. The standard InChI is InChI=1S/C17H16ClFN2.ClH.H2O/c1-21(2)16-9-12-5-8-14(19)10-15(12)17(20-16)11-3-6-13(18)7-4-11;;/h3-8,10,17H,9H2,1-2H3;1H;1H2. The molecule has 1 unspecified atom stereocenters. The summed E-state index contributed by atoms with van der Waals surface area (Å²) in [4.78, 5) is 6.81. The second-order valence-corrected chi connectivity index (χ2v) is 5.85. The molecule has 2 N–H and O–H groups in total. The van der Waals surface area contributed by atoms with Gasteiger partial charge in [-0.3, -0.25) is 4.99 Å². The lowest BCUT2D eigenvalue weighted by atomic mass is 9.90. The van der Waals surface area contributed by atoms with Crippen LogP contribution in [0.5, 0.6) is 0 Å². The molecule has 0 saturated carbocycles. The fourth-order valence-corrected chi connectivity index (χ4v) is 2.71. The van der Waals surface area contributed by atoms with E-state index in [4.69, 9.17) is 16.6 Å². The van der Waals surface area contributed by atoms with Crippen LogP contribution in [0.2, 0.25) is 5.02 Å². The van der Waals surface area contributed by atoms with Crippen molar-refractivity contribution in [3.05, 3.63) is 70.0 Å². The Bertz CT molecular complexity index is 702. The summed E-state index contributed by atoms with van der Waals surface area (Å²) in [6.07, 6.45) is 0.729. The molecular formula is C17H19Cl2FN2O. The summed E-state index contributed by atoms with van der Waals surface area (Å²) in [6, 6.07) is 12.4. The van der Waals surface area contributed by atoms with Crippen LogP contribution in [-0.4, -0.2) is 30.3 Å². The van der Waals surface area contributed by atoms with Crippen LogP contribution >= 0.6 is 24.0 Å². The van der Waals surface area contributed by atoms with E-state index in [9.17, 15) is 4.39 Å². The van der Waals surface area contributed by atoms with Gasteiger partial charge in [0.25, 0.3) is 0 Å². The second-order valence-electron chi connectivity index (χ2n) is 5.41. The van der Waals surface area contributed by atoms with E-state index in [2.05, 4.69) is 0 Å². The first-order valence-electron chi connectivity index (χ1n) is 6.82. The van der Waals surface area contributed by atoms with Crippen LogP contribution in [0, 0.1) is 5.82 Å². The Morgan fingerprint density at radius 3 is 2.39 bits per heavy atom. The lowest BCUT2D eigenvalue weighted by Crippen LogP contribution is -2.28. The van der Waals surface area contributed by atoms with Crippen molar-refractivity contribution in [1.82, 2.24) is 4.90 Å². The van der Waals surface area contributed by atoms with Crippen molar-refractivity contribution < 1.29 is 9.87 Å². The van der Waals surface area contributed by atoms with Gasteiger partial charge in [0.05, 0.1) is 0 Å². The van der Waals surface area contributed by atoms with Crippen molar-refractivity contribution >= 4 is 29.8 Å². The molecule has 0 spiro atoms. The lowest BCUT2D eigenvalue weighted by Gasteiger charge is -2.27. The minimum absolute atomic E-state index is 0. The molecule has 1 heterocycles. The van der Waals surface area contributed by atoms with Gasteiger partial charge in [0.15, 0.2) is 0 Å². The Balaban J connectivity index is 0.00000132. The molecule has 0 radical (unpaired) electrons. The van der Waals surface area contributed by atoms with E-state index in [0.717, 1.165) is 28.9 Å². The highest BCUT2D eigenvalue weighted by molar-refractivity contribution is 6.30. The van der Waals surface area contributed by atoms with Crippen molar-refractivity contribution in [1.29, 1.82) is 0 Å². The average Bonchev–Trinajstić information content (AvgIpc) is 2.47. The number of likely N-dealkylation sites (N-methyl/N-ethyl adjacent to an activating group) is 1. The van der Waals surface area contributed by atoms with Crippen LogP contribution in [0.1, 0.15) is 22.7 Å². The minimum atomic E-state index is -0.226. The molecule has 0 aromatic heterocycles. The normalized spacial score (nSPS) is 15.7. The van der Waals surface area contributed by atoms with E-state index in [1.807, 2.05) is 49.3 Å². The SMILES string of the molecule is CN(C)C1=NC(c2ccc(Cl)cc2)c2cc(F)ccc2C1.Cl.O. The highest BCUT2D eigenvalue weighted by atomic mass is 35.5. The average molecular weight is 357 g/mol. The van der Waals surface area contributed by atoms with Crippen molar-refractivity contribution in [2.75, 3.05) is 14.1 Å². The summed E-state index contributed by atoms with van der Waals surface area (Å²) in [6.45, 7) is 0. The van der Waals surface area contributed by atoms with Crippen molar-refractivity contribution in [2.45, 2.75) is 12.5 Å². The molecule has 3 rings (SSSR count). The van der Waals surface area contributed by atoms with Gasteiger partial charge in [-0.1, -0.05) is 29.8 Å². The fourth-order valence-electron chi connectivity index (χ4n) is 2.59. The number of halogens is 3. The van der Waals surface area contributed by atoms with E-state index >= 15 is 0 Å². The Morgan fingerprint density at radius 2 is 1.78 bits per heavy atom. The first kappa shape index (κ1) is 19.4. The number of hydrogen-bond acceptors (Lipinski definition) is 2. The topological polar surface area (TPSA) is 47.1 Å². The van der Waals surface area contributed by atoms with Gasteiger partial charge in [0, 0.05) is 25.5 Å². The smallest absolute Gasteiger partial charge is 0.123 e. The van der Waals surface area contributed by atoms with Crippen LogP contribution in [0.15, 0.2) is 47.5 Å². The van der Waals surface area contributed by atoms with Crippen LogP contribution in [0.25, 0.3) is 0 Å². The molecule has 2 aromatic rings. The number of aliphatic imine (C=N–C) groups is 1. The van der Waals surface area contributed by atoms with E-state index in [0.29, 0.717) is 5.02 Å².